The summed E-state index contributed by atoms with van der Waals surface area (Å²) in [5, 5.41) is 1.15. The minimum atomic E-state index is -1.14. The molecule has 2 bridgehead atoms. The Bertz CT molecular complexity index is 876. The number of aryl methyl sites for hydroxylation is 1. The molecule has 0 amide bonds. The Morgan fingerprint density at radius 2 is 2.00 bits per heavy atom. The summed E-state index contributed by atoms with van der Waals surface area (Å²) in [6.45, 7) is 4.29. The monoisotopic (exact) mass is 325 g/mol. The number of ketones is 1. The summed E-state index contributed by atoms with van der Waals surface area (Å²) in [4.78, 5) is 26.3. The minimum absolute atomic E-state index is 0.0454. The summed E-state index contributed by atoms with van der Waals surface area (Å²) in [6, 6.07) is 8.19. The topological polar surface area (TPSA) is 48.3 Å². The van der Waals surface area contributed by atoms with Crippen molar-refractivity contribution in [1.82, 2.24) is 4.57 Å². The highest BCUT2D eigenvalue weighted by Crippen LogP contribution is 2.56. The number of hydrogen-bond acceptors (Lipinski definition) is 3. The van der Waals surface area contributed by atoms with Gasteiger partial charge in [-0.05, 0) is 24.5 Å². The Balaban J connectivity index is 2.20. The quantitative estimate of drug-likeness (QED) is 0.597. The lowest BCUT2D eigenvalue weighted by atomic mass is 9.52. The molecule has 0 unspecified atom stereocenters. The van der Waals surface area contributed by atoms with Gasteiger partial charge in [-0.25, -0.2) is 0 Å². The number of Topliss-reactive ketones (excluding diaryl/α,β-unsaturated/α-hetero) is 1. The third kappa shape index (κ3) is 1.54. The second-order valence-corrected chi connectivity index (χ2v) is 7.73. The first-order valence-corrected chi connectivity index (χ1v) is 8.58. The van der Waals surface area contributed by atoms with Crippen molar-refractivity contribution in [2.24, 2.45) is 13.0 Å². The summed E-state index contributed by atoms with van der Waals surface area (Å²) < 4.78 is 7.18. The van der Waals surface area contributed by atoms with Crippen LogP contribution in [0.5, 0.6) is 0 Å². The highest BCUT2D eigenvalue weighted by Gasteiger charge is 2.63. The van der Waals surface area contributed by atoms with Gasteiger partial charge >= 0.3 is 5.97 Å². The van der Waals surface area contributed by atoms with Gasteiger partial charge in [0, 0.05) is 35.0 Å². The number of nitrogens with zero attached hydrogens (tertiary/aromatic N) is 1. The normalized spacial score (nSPS) is 27.8. The van der Waals surface area contributed by atoms with Crippen LogP contribution in [-0.2, 0) is 32.2 Å². The zero-order chi connectivity index (χ0) is 17.3. The molecule has 4 rings (SSSR count). The summed E-state index contributed by atoms with van der Waals surface area (Å²) in [5.74, 6) is -0.493. The van der Waals surface area contributed by atoms with Crippen LogP contribution in [0.2, 0.25) is 0 Å². The first-order chi connectivity index (χ1) is 11.4. The number of aromatic nitrogens is 1. The average molecular weight is 325 g/mol. The minimum Gasteiger partial charge on any atom is -0.468 e. The molecule has 2 aliphatic rings. The molecule has 2 aliphatic carbocycles. The summed E-state index contributed by atoms with van der Waals surface area (Å²) in [5.41, 5.74) is 1.64. The molecule has 126 valence electrons. The smallest absolute Gasteiger partial charge is 0.325 e. The molecule has 1 saturated carbocycles. The lowest BCUT2D eigenvalue weighted by Gasteiger charge is -2.49. The predicted octanol–water partition coefficient (Wildman–Crippen LogP) is 3.25. The van der Waals surface area contributed by atoms with E-state index in [-0.39, 0.29) is 17.1 Å². The van der Waals surface area contributed by atoms with Crippen LogP contribution in [-0.4, -0.2) is 23.4 Å². The zero-order valence-corrected chi connectivity index (χ0v) is 14.7. The molecule has 1 fully saturated rings. The van der Waals surface area contributed by atoms with E-state index in [0.29, 0.717) is 6.42 Å². The number of fused-ring (bicyclic) bond motifs is 6. The molecular weight excluding hydrogens is 302 g/mol. The summed E-state index contributed by atoms with van der Waals surface area (Å²) in [7, 11) is 3.35. The van der Waals surface area contributed by atoms with E-state index < -0.39 is 11.4 Å². The van der Waals surface area contributed by atoms with Gasteiger partial charge in [0.1, 0.15) is 0 Å². The number of benzene rings is 1. The van der Waals surface area contributed by atoms with E-state index >= 15 is 0 Å². The average Bonchev–Trinajstić information content (AvgIpc) is 2.87. The largest absolute Gasteiger partial charge is 0.468 e. The molecule has 4 heteroatoms. The van der Waals surface area contributed by atoms with Crippen molar-refractivity contribution in [2.75, 3.05) is 7.11 Å². The Kier molecular flexibility index (Phi) is 3.03. The molecule has 0 N–H and O–H groups in total. The van der Waals surface area contributed by atoms with E-state index in [1.807, 2.05) is 23.7 Å². The van der Waals surface area contributed by atoms with Gasteiger partial charge in [-0.3, -0.25) is 9.59 Å². The molecule has 4 nitrogen and oxygen atoms in total. The molecule has 0 spiro atoms. The number of para-hydroxylation sites is 1. The molecule has 1 heterocycles. The summed E-state index contributed by atoms with van der Waals surface area (Å²) >= 11 is 0. The first kappa shape index (κ1) is 15.4. The Hall–Kier alpha value is -2.10. The van der Waals surface area contributed by atoms with Gasteiger partial charge in [0.15, 0.2) is 11.2 Å². The van der Waals surface area contributed by atoms with Crippen molar-refractivity contribution < 1.29 is 14.3 Å². The molecule has 2 atom stereocenters. The van der Waals surface area contributed by atoms with Gasteiger partial charge in [0.05, 0.1) is 7.11 Å². The van der Waals surface area contributed by atoms with Gasteiger partial charge in [-0.15, -0.1) is 0 Å². The molecule has 1 aromatic carbocycles. The van der Waals surface area contributed by atoms with E-state index in [2.05, 4.69) is 26.0 Å². The van der Waals surface area contributed by atoms with E-state index in [4.69, 9.17) is 4.74 Å². The highest BCUT2D eigenvalue weighted by atomic mass is 16.5. The Morgan fingerprint density at radius 1 is 1.29 bits per heavy atom. The van der Waals surface area contributed by atoms with Gasteiger partial charge in [0.25, 0.3) is 0 Å². The molecule has 0 aliphatic heterocycles. The predicted molar refractivity (Wildman–Crippen MR) is 92.0 cm³/mol. The van der Waals surface area contributed by atoms with Crippen molar-refractivity contribution in [3.8, 4) is 0 Å². The maximum atomic E-state index is 13.4. The fourth-order valence-corrected chi connectivity index (χ4v) is 5.24. The molecule has 2 aromatic rings. The highest BCUT2D eigenvalue weighted by molar-refractivity contribution is 6.14. The zero-order valence-electron chi connectivity index (χ0n) is 14.7. The standard InChI is InChI=1S/C20H23NO3/c1-19(2)13-9-7-11-20(17(13)22,18(23)24-4)16-15(19)12-8-5-6-10-14(12)21(16)3/h5-6,8,10,13H,7,9,11H2,1-4H3/t13-,20+/m1/s1. The van der Waals surface area contributed by atoms with Crippen LogP contribution < -0.4 is 0 Å². The van der Waals surface area contributed by atoms with Gasteiger partial charge in [0.2, 0.25) is 0 Å². The van der Waals surface area contributed by atoms with Crippen LogP contribution in [0.3, 0.4) is 0 Å². The van der Waals surface area contributed by atoms with Crippen LogP contribution in [0.15, 0.2) is 24.3 Å². The first-order valence-electron chi connectivity index (χ1n) is 8.58. The second-order valence-electron chi connectivity index (χ2n) is 7.73. The Labute approximate surface area is 141 Å². The van der Waals surface area contributed by atoms with E-state index in [0.717, 1.165) is 35.0 Å². The number of methoxy groups -OCH3 is 1. The van der Waals surface area contributed by atoms with Crippen LogP contribution in [0, 0.1) is 5.92 Å². The Morgan fingerprint density at radius 3 is 2.71 bits per heavy atom. The fourth-order valence-electron chi connectivity index (χ4n) is 5.24. The van der Waals surface area contributed by atoms with Crippen LogP contribution in [0.4, 0.5) is 0 Å². The van der Waals surface area contributed by atoms with Crippen molar-refractivity contribution in [2.45, 2.75) is 43.9 Å². The van der Waals surface area contributed by atoms with E-state index in [1.54, 1.807) is 0 Å². The number of esters is 1. The molecule has 0 saturated heterocycles. The summed E-state index contributed by atoms with van der Waals surface area (Å²) in [6.07, 6.45) is 2.26. The maximum absolute atomic E-state index is 13.4. The van der Waals surface area contributed by atoms with Crippen molar-refractivity contribution >= 4 is 22.7 Å². The number of carbonyl (C=O) groups is 2. The van der Waals surface area contributed by atoms with Crippen LogP contribution in [0.1, 0.15) is 44.4 Å². The molecule has 24 heavy (non-hydrogen) atoms. The number of carbonyl (C=O) groups excluding carboxylic acids is 2. The SMILES string of the molecule is COC(=O)[C@]12CCC[C@H](C1=O)C(C)(C)c1c2n(C)c2ccccc12. The lowest BCUT2D eigenvalue weighted by Crippen LogP contribution is -2.59. The van der Waals surface area contributed by atoms with Gasteiger partial charge in [-0.2, -0.15) is 0 Å². The van der Waals surface area contributed by atoms with E-state index in [1.165, 1.54) is 7.11 Å². The van der Waals surface area contributed by atoms with Gasteiger partial charge < -0.3 is 9.30 Å². The van der Waals surface area contributed by atoms with Crippen LogP contribution >= 0.6 is 0 Å². The molecule has 1 aromatic heterocycles. The fraction of sp³-hybridized carbons (Fsp3) is 0.500. The van der Waals surface area contributed by atoms with Gasteiger partial charge in [-0.1, -0.05) is 38.5 Å². The number of hydrogen-bond donors (Lipinski definition) is 0. The molecule has 0 radical (unpaired) electrons. The third-order valence-corrected chi connectivity index (χ3v) is 6.34. The third-order valence-electron chi connectivity index (χ3n) is 6.34. The van der Waals surface area contributed by atoms with Crippen molar-refractivity contribution in [3.05, 3.63) is 35.5 Å². The number of rotatable bonds is 1. The lowest BCUT2D eigenvalue weighted by molar-refractivity contribution is -0.157. The molecular formula is C20H23NO3. The van der Waals surface area contributed by atoms with Crippen LogP contribution in [0.25, 0.3) is 10.9 Å². The number of ether oxygens (including phenoxy) is 1. The maximum Gasteiger partial charge on any atom is 0.325 e. The van der Waals surface area contributed by atoms with Crippen molar-refractivity contribution in [1.29, 1.82) is 0 Å². The van der Waals surface area contributed by atoms with Crippen molar-refractivity contribution in [3.63, 3.8) is 0 Å². The van der Waals surface area contributed by atoms with E-state index in [9.17, 15) is 9.59 Å². The second kappa shape index (κ2) is 4.71.